The van der Waals surface area contributed by atoms with E-state index in [1.165, 1.54) is 18.2 Å². The van der Waals surface area contributed by atoms with Gasteiger partial charge < -0.3 is 4.90 Å². The van der Waals surface area contributed by atoms with Gasteiger partial charge in [0.1, 0.15) is 5.56 Å². The van der Waals surface area contributed by atoms with Crippen molar-refractivity contribution in [1.82, 2.24) is 9.80 Å². The minimum absolute atomic E-state index is 0.0719. The predicted octanol–water partition coefficient (Wildman–Crippen LogP) is 3.86. The summed E-state index contributed by atoms with van der Waals surface area (Å²) in [6.45, 7) is 3.17. The molecule has 1 fully saturated rings. The smallest absolute Gasteiger partial charge is 0.283 e. The zero-order valence-corrected chi connectivity index (χ0v) is 15.4. The van der Waals surface area contributed by atoms with E-state index in [1.54, 1.807) is 4.90 Å². The highest BCUT2D eigenvalue weighted by molar-refractivity contribution is 6.31. The van der Waals surface area contributed by atoms with E-state index >= 15 is 0 Å². The first kappa shape index (κ1) is 18.6. The summed E-state index contributed by atoms with van der Waals surface area (Å²) in [4.78, 5) is 27.2. The molecule has 1 saturated heterocycles. The third kappa shape index (κ3) is 4.33. The standard InChI is InChI=1S/C18H17Cl2N3O3/c19-14-3-1-2-13(10-14)12-21-6-8-22(9-7-21)18(24)16-5-4-15(20)11-17(16)23(25)26/h1-5,10-11H,6-9,12H2. The molecule has 26 heavy (non-hydrogen) atoms. The Morgan fingerprint density at radius 2 is 1.73 bits per heavy atom. The van der Waals surface area contributed by atoms with Crippen molar-refractivity contribution in [2.75, 3.05) is 26.2 Å². The average molecular weight is 394 g/mol. The summed E-state index contributed by atoms with van der Waals surface area (Å²) in [5.41, 5.74) is 0.928. The van der Waals surface area contributed by atoms with Gasteiger partial charge >= 0.3 is 0 Å². The molecule has 1 aliphatic rings. The number of nitro benzene ring substituents is 1. The van der Waals surface area contributed by atoms with Gasteiger partial charge in [0.25, 0.3) is 11.6 Å². The summed E-state index contributed by atoms with van der Waals surface area (Å²) >= 11 is 11.8. The second-order valence-electron chi connectivity index (χ2n) is 6.12. The molecule has 2 aromatic carbocycles. The van der Waals surface area contributed by atoms with Crippen molar-refractivity contribution in [3.05, 3.63) is 73.8 Å². The Hall–Kier alpha value is -2.15. The number of hydrogen-bond donors (Lipinski definition) is 0. The number of amides is 1. The Bertz CT molecular complexity index is 836. The molecule has 136 valence electrons. The summed E-state index contributed by atoms with van der Waals surface area (Å²) in [5, 5.41) is 12.1. The molecule has 0 N–H and O–H groups in total. The number of piperazine rings is 1. The average Bonchev–Trinajstić information content (AvgIpc) is 2.62. The Kier molecular flexibility index (Phi) is 5.76. The normalized spacial score (nSPS) is 15.1. The van der Waals surface area contributed by atoms with Crippen LogP contribution >= 0.6 is 23.2 Å². The van der Waals surface area contributed by atoms with E-state index in [0.717, 1.165) is 12.1 Å². The quantitative estimate of drug-likeness (QED) is 0.584. The summed E-state index contributed by atoms with van der Waals surface area (Å²) in [7, 11) is 0. The zero-order chi connectivity index (χ0) is 18.7. The molecule has 0 radical (unpaired) electrons. The van der Waals surface area contributed by atoms with Gasteiger partial charge in [0.2, 0.25) is 0 Å². The van der Waals surface area contributed by atoms with Gasteiger partial charge in [-0.05, 0) is 29.8 Å². The molecule has 2 aromatic rings. The molecule has 6 nitrogen and oxygen atoms in total. The molecule has 0 atom stereocenters. The Balaban J connectivity index is 1.65. The lowest BCUT2D eigenvalue weighted by atomic mass is 10.1. The molecule has 1 amide bonds. The molecule has 3 rings (SSSR count). The number of carbonyl (C=O) groups excluding carboxylic acids is 1. The van der Waals surface area contributed by atoms with Gasteiger partial charge in [-0.1, -0.05) is 35.3 Å². The van der Waals surface area contributed by atoms with Crippen LogP contribution < -0.4 is 0 Å². The largest absolute Gasteiger partial charge is 0.336 e. The number of halogens is 2. The predicted molar refractivity (Wildman–Crippen MR) is 101 cm³/mol. The van der Waals surface area contributed by atoms with Crippen LogP contribution in [0.15, 0.2) is 42.5 Å². The number of rotatable bonds is 4. The third-order valence-corrected chi connectivity index (χ3v) is 4.81. The Morgan fingerprint density at radius 3 is 2.38 bits per heavy atom. The van der Waals surface area contributed by atoms with Crippen molar-refractivity contribution in [3.8, 4) is 0 Å². The molecule has 0 bridgehead atoms. The first-order valence-corrected chi connectivity index (χ1v) is 8.89. The van der Waals surface area contributed by atoms with Crippen LogP contribution in [0.25, 0.3) is 0 Å². The van der Waals surface area contributed by atoms with Gasteiger partial charge in [-0.3, -0.25) is 19.8 Å². The molecule has 1 heterocycles. The molecule has 0 spiro atoms. The van der Waals surface area contributed by atoms with E-state index in [9.17, 15) is 14.9 Å². The highest BCUT2D eigenvalue weighted by Gasteiger charge is 2.27. The second-order valence-corrected chi connectivity index (χ2v) is 6.99. The van der Waals surface area contributed by atoms with Crippen molar-refractivity contribution in [3.63, 3.8) is 0 Å². The van der Waals surface area contributed by atoms with Gasteiger partial charge in [-0.25, -0.2) is 0 Å². The van der Waals surface area contributed by atoms with Crippen LogP contribution in [0.3, 0.4) is 0 Å². The Labute approximate surface area is 161 Å². The summed E-state index contributed by atoms with van der Waals surface area (Å²) in [5.74, 6) is -0.337. The summed E-state index contributed by atoms with van der Waals surface area (Å²) in [6, 6.07) is 11.8. The monoisotopic (exact) mass is 393 g/mol. The summed E-state index contributed by atoms with van der Waals surface area (Å²) < 4.78 is 0. The van der Waals surface area contributed by atoms with Crippen molar-refractivity contribution in [2.24, 2.45) is 0 Å². The molecule has 0 aliphatic carbocycles. The molecule has 1 aliphatic heterocycles. The van der Waals surface area contributed by atoms with E-state index in [0.29, 0.717) is 31.2 Å². The van der Waals surface area contributed by atoms with E-state index in [-0.39, 0.29) is 22.2 Å². The van der Waals surface area contributed by atoms with E-state index in [4.69, 9.17) is 23.2 Å². The molecule has 0 unspecified atom stereocenters. The lowest BCUT2D eigenvalue weighted by molar-refractivity contribution is -0.385. The Morgan fingerprint density at radius 1 is 1.04 bits per heavy atom. The van der Waals surface area contributed by atoms with Crippen LogP contribution in [-0.4, -0.2) is 46.8 Å². The van der Waals surface area contributed by atoms with E-state index in [1.807, 2.05) is 24.3 Å². The first-order chi connectivity index (χ1) is 12.4. The lowest BCUT2D eigenvalue weighted by Gasteiger charge is -2.34. The van der Waals surface area contributed by atoms with Gasteiger partial charge in [-0.15, -0.1) is 0 Å². The van der Waals surface area contributed by atoms with Crippen LogP contribution in [0.5, 0.6) is 0 Å². The molecule has 8 heteroatoms. The van der Waals surface area contributed by atoms with Gasteiger partial charge in [0.15, 0.2) is 0 Å². The van der Waals surface area contributed by atoms with Crippen molar-refractivity contribution in [2.45, 2.75) is 6.54 Å². The van der Waals surface area contributed by atoms with Gasteiger partial charge in [0, 0.05) is 48.8 Å². The van der Waals surface area contributed by atoms with Crippen LogP contribution in [0.2, 0.25) is 10.0 Å². The van der Waals surface area contributed by atoms with Crippen LogP contribution in [-0.2, 0) is 6.54 Å². The fourth-order valence-electron chi connectivity index (χ4n) is 3.01. The van der Waals surface area contributed by atoms with E-state index in [2.05, 4.69) is 4.90 Å². The molecule has 0 aromatic heterocycles. The second kappa shape index (κ2) is 8.03. The number of nitrogens with zero attached hydrogens (tertiary/aromatic N) is 3. The number of hydrogen-bond acceptors (Lipinski definition) is 4. The fourth-order valence-corrected chi connectivity index (χ4v) is 3.39. The topological polar surface area (TPSA) is 66.7 Å². The highest BCUT2D eigenvalue weighted by Crippen LogP contribution is 2.25. The fraction of sp³-hybridized carbons (Fsp3) is 0.278. The maximum atomic E-state index is 12.7. The SMILES string of the molecule is O=C(c1ccc(Cl)cc1[N+](=O)[O-])N1CCN(Cc2cccc(Cl)c2)CC1. The number of nitro groups is 1. The van der Waals surface area contributed by atoms with Crippen molar-refractivity contribution < 1.29 is 9.72 Å². The zero-order valence-electron chi connectivity index (χ0n) is 13.9. The van der Waals surface area contributed by atoms with Crippen molar-refractivity contribution in [1.29, 1.82) is 0 Å². The third-order valence-electron chi connectivity index (χ3n) is 4.34. The minimum Gasteiger partial charge on any atom is -0.336 e. The number of benzene rings is 2. The van der Waals surface area contributed by atoms with Crippen LogP contribution in [0, 0.1) is 10.1 Å². The van der Waals surface area contributed by atoms with Gasteiger partial charge in [0.05, 0.1) is 4.92 Å². The maximum Gasteiger partial charge on any atom is 0.283 e. The van der Waals surface area contributed by atoms with Crippen LogP contribution in [0.1, 0.15) is 15.9 Å². The highest BCUT2D eigenvalue weighted by atomic mass is 35.5. The van der Waals surface area contributed by atoms with Gasteiger partial charge in [-0.2, -0.15) is 0 Å². The van der Waals surface area contributed by atoms with Crippen molar-refractivity contribution >= 4 is 34.8 Å². The maximum absolute atomic E-state index is 12.7. The molecule has 0 saturated carbocycles. The molecular weight excluding hydrogens is 377 g/mol. The molecular formula is C18H17Cl2N3O3. The van der Waals surface area contributed by atoms with E-state index < -0.39 is 4.92 Å². The first-order valence-electron chi connectivity index (χ1n) is 8.14. The minimum atomic E-state index is -0.575. The number of carbonyl (C=O) groups is 1. The summed E-state index contributed by atoms with van der Waals surface area (Å²) in [6.07, 6.45) is 0. The van der Waals surface area contributed by atoms with Crippen LogP contribution in [0.4, 0.5) is 5.69 Å². The lowest BCUT2D eigenvalue weighted by Crippen LogP contribution is -2.48.